The van der Waals surface area contributed by atoms with Gasteiger partial charge in [-0.2, -0.15) is 0 Å². The number of rotatable bonds is 5. The molecule has 0 amide bonds. The average Bonchev–Trinajstić information content (AvgIpc) is 2.69. The number of carbonyl (C=O) groups is 1. The molecule has 0 bridgehead atoms. The Balaban J connectivity index is 2.85. The number of carbonyl (C=O) groups excluding carboxylic acids is 1. The summed E-state index contributed by atoms with van der Waals surface area (Å²) in [5, 5.41) is 0. The van der Waals surface area contributed by atoms with Crippen LogP contribution in [0.1, 0.15) is 50.6 Å². The Morgan fingerprint density at radius 3 is 2.64 bits per heavy atom. The van der Waals surface area contributed by atoms with E-state index in [1.54, 1.807) is 18.4 Å². The molecule has 0 aliphatic carbocycles. The molecule has 0 saturated carbocycles. The van der Waals surface area contributed by atoms with Crippen molar-refractivity contribution < 1.29 is 9.21 Å². The van der Waals surface area contributed by atoms with Crippen LogP contribution in [0.4, 0.5) is 0 Å². The van der Waals surface area contributed by atoms with Gasteiger partial charge in [0.1, 0.15) is 0 Å². The Morgan fingerprint density at radius 1 is 1.50 bits per heavy atom. The number of furan rings is 1. The highest BCUT2D eigenvalue weighted by atomic mass is 16.3. The lowest BCUT2D eigenvalue weighted by molar-refractivity contribution is 0.0763. The van der Waals surface area contributed by atoms with Gasteiger partial charge in [-0.3, -0.25) is 4.79 Å². The van der Waals surface area contributed by atoms with Gasteiger partial charge in [0.25, 0.3) is 0 Å². The Hall–Kier alpha value is -1.05. The normalized spacial score (nSPS) is 15.1. The molecule has 14 heavy (non-hydrogen) atoms. The maximum Gasteiger partial charge on any atom is 0.203 e. The summed E-state index contributed by atoms with van der Waals surface area (Å²) < 4.78 is 5.14. The lowest BCUT2D eigenvalue weighted by Gasteiger charge is -2.24. The number of ketones is 1. The van der Waals surface area contributed by atoms with Crippen LogP contribution in [0.3, 0.4) is 0 Å². The van der Waals surface area contributed by atoms with Crippen molar-refractivity contribution in [3.8, 4) is 0 Å². The quantitative estimate of drug-likeness (QED) is 0.669. The number of Topliss-reactive ketones (excluding diaryl/α,β-unsaturated/α-hetero) is 1. The van der Waals surface area contributed by atoms with E-state index >= 15 is 0 Å². The molecule has 2 nitrogen and oxygen atoms in total. The second-order valence-electron chi connectivity index (χ2n) is 3.97. The van der Waals surface area contributed by atoms with E-state index in [4.69, 9.17) is 4.42 Å². The van der Waals surface area contributed by atoms with Crippen LogP contribution in [0.15, 0.2) is 22.8 Å². The molecular formula is C12H18O2. The molecule has 78 valence electrons. The van der Waals surface area contributed by atoms with Gasteiger partial charge in [0.15, 0.2) is 5.76 Å². The molecule has 2 heteroatoms. The van der Waals surface area contributed by atoms with Crippen LogP contribution in [-0.2, 0) is 0 Å². The van der Waals surface area contributed by atoms with E-state index in [0.29, 0.717) is 5.76 Å². The molecule has 1 heterocycles. The molecule has 0 aliphatic rings. The topological polar surface area (TPSA) is 30.2 Å². The van der Waals surface area contributed by atoms with E-state index in [2.05, 4.69) is 13.8 Å². The van der Waals surface area contributed by atoms with E-state index in [-0.39, 0.29) is 11.2 Å². The molecule has 0 saturated heterocycles. The number of hydrogen-bond acceptors (Lipinski definition) is 2. The van der Waals surface area contributed by atoms with Gasteiger partial charge in [-0.15, -0.1) is 0 Å². The summed E-state index contributed by atoms with van der Waals surface area (Å²) in [6, 6.07) is 3.50. The maximum atomic E-state index is 12.1. The third-order valence-electron chi connectivity index (χ3n) is 2.88. The summed E-state index contributed by atoms with van der Waals surface area (Å²) in [6.07, 6.45) is 4.36. The first-order valence-corrected chi connectivity index (χ1v) is 5.22. The predicted octanol–water partition coefficient (Wildman–Crippen LogP) is 3.68. The van der Waals surface area contributed by atoms with Crippen LogP contribution in [0.5, 0.6) is 0 Å². The first kappa shape index (κ1) is 11.0. The van der Waals surface area contributed by atoms with E-state index in [1.807, 2.05) is 6.92 Å². The molecule has 1 rings (SSSR count). The van der Waals surface area contributed by atoms with Gasteiger partial charge < -0.3 is 4.42 Å². The summed E-state index contributed by atoms with van der Waals surface area (Å²) in [5.74, 6) is 0.620. The smallest absolute Gasteiger partial charge is 0.203 e. The molecule has 0 aliphatic heterocycles. The van der Waals surface area contributed by atoms with E-state index in [9.17, 15) is 4.79 Å². The Labute approximate surface area is 85.3 Å². The fourth-order valence-corrected chi connectivity index (χ4v) is 1.71. The van der Waals surface area contributed by atoms with Gasteiger partial charge in [-0.05, 0) is 25.0 Å². The van der Waals surface area contributed by atoms with Crippen molar-refractivity contribution in [2.45, 2.75) is 40.0 Å². The van der Waals surface area contributed by atoms with E-state index < -0.39 is 0 Å². The molecule has 1 aromatic heterocycles. The zero-order valence-corrected chi connectivity index (χ0v) is 9.17. The van der Waals surface area contributed by atoms with Crippen molar-refractivity contribution in [1.82, 2.24) is 0 Å². The van der Waals surface area contributed by atoms with Crippen molar-refractivity contribution in [2.75, 3.05) is 0 Å². The number of hydrogen-bond donors (Lipinski definition) is 0. The fourth-order valence-electron chi connectivity index (χ4n) is 1.71. The van der Waals surface area contributed by atoms with Gasteiger partial charge >= 0.3 is 0 Å². The highest BCUT2D eigenvalue weighted by Crippen LogP contribution is 2.31. The Kier molecular flexibility index (Phi) is 3.50. The van der Waals surface area contributed by atoms with Crippen LogP contribution >= 0.6 is 0 Å². The van der Waals surface area contributed by atoms with Crippen LogP contribution < -0.4 is 0 Å². The van der Waals surface area contributed by atoms with E-state index in [1.165, 1.54) is 0 Å². The van der Waals surface area contributed by atoms with Gasteiger partial charge in [-0.1, -0.05) is 27.2 Å². The fraction of sp³-hybridized carbons (Fsp3) is 0.583. The molecule has 1 aromatic rings. The zero-order chi connectivity index (χ0) is 10.6. The van der Waals surface area contributed by atoms with Crippen molar-refractivity contribution in [2.24, 2.45) is 5.41 Å². The van der Waals surface area contributed by atoms with Crippen LogP contribution in [0.2, 0.25) is 0 Å². The van der Waals surface area contributed by atoms with Gasteiger partial charge in [0, 0.05) is 5.41 Å². The zero-order valence-electron chi connectivity index (χ0n) is 9.17. The molecule has 0 aromatic carbocycles. The molecule has 0 spiro atoms. The molecular weight excluding hydrogens is 176 g/mol. The van der Waals surface area contributed by atoms with Crippen LogP contribution in [-0.4, -0.2) is 5.78 Å². The SMILES string of the molecule is CCCC(C)(CC)C(=O)c1ccco1. The minimum absolute atomic E-state index is 0.131. The third-order valence-corrected chi connectivity index (χ3v) is 2.88. The van der Waals surface area contributed by atoms with Gasteiger partial charge in [0.05, 0.1) is 6.26 Å². The van der Waals surface area contributed by atoms with Gasteiger partial charge in [0.2, 0.25) is 5.78 Å². The largest absolute Gasteiger partial charge is 0.461 e. The molecule has 1 unspecified atom stereocenters. The monoisotopic (exact) mass is 194 g/mol. The van der Waals surface area contributed by atoms with Crippen molar-refractivity contribution >= 4 is 5.78 Å². The summed E-state index contributed by atoms with van der Waals surface area (Å²) in [5.41, 5.74) is -0.257. The molecule has 0 fully saturated rings. The average molecular weight is 194 g/mol. The van der Waals surface area contributed by atoms with E-state index in [0.717, 1.165) is 19.3 Å². The second-order valence-corrected chi connectivity index (χ2v) is 3.97. The summed E-state index contributed by atoms with van der Waals surface area (Å²) >= 11 is 0. The molecule has 1 atom stereocenters. The Morgan fingerprint density at radius 2 is 2.21 bits per heavy atom. The highest BCUT2D eigenvalue weighted by Gasteiger charge is 2.32. The van der Waals surface area contributed by atoms with Crippen molar-refractivity contribution in [3.63, 3.8) is 0 Å². The lowest BCUT2D eigenvalue weighted by atomic mass is 9.78. The summed E-state index contributed by atoms with van der Waals surface area (Å²) in [7, 11) is 0. The van der Waals surface area contributed by atoms with Crippen LogP contribution in [0, 0.1) is 5.41 Å². The maximum absolute atomic E-state index is 12.1. The highest BCUT2D eigenvalue weighted by molar-refractivity contribution is 5.97. The Bertz CT molecular complexity index is 287. The summed E-state index contributed by atoms with van der Waals surface area (Å²) in [6.45, 7) is 6.17. The third kappa shape index (κ3) is 2.06. The minimum Gasteiger partial charge on any atom is -0.461 e. The standard InChI is InChI=1S/C12H18O2/c1-4-8-12(3,5-2)11(13)10-7-6-9-14-10/h6-7,9H,4-5,8H2,1-3H3. The summed E-state index contributed by atoms with van der Waals surface area (Å²) in [4.78, 5) is 12.1. The van der Waals surface area contributed by atoms with Crippen molar-refractivity contribution in [1.29, 1.82) is 0 Å². The molecule has 0 radical (unpaired) electrons. The second kappa shape index (κ2) is 4.45. The van der Waals surface area contributed by atoms with Crippen LogP contribution in [0.25, 0.3) is 0 Å². The molecule has 0 N–H and O–H groups in total. The lowest BCUT2D eigenvalue weighted by Crippen LogP contribution is -2.26. The van der Waals surface area contributed by atoms with Gasteiger partial charge in [-0.25, -0.2) is 0 Å². The minimum atomic E-state index is -0.257. The van der Waals surface area contributed by atoms with Crippen molar-refractivity contribution in [3.05, 3.63) is 24.2 Å². The first-order chi connectivity index (χ1) is 6.64. The first-order valence-electron chi connectivity index (χ1n) is 5.22. The predicted molar refractivity (Wildman–Crippen MR) is 56.3 cm³/mol.